The zero-order valence-corrected chi connectivity index (χ0v) is 12.0. The van der Waals surface area contributed by atoms with Gasteiger partial charge in [0.05, 0.1) is 23.0 Å². The number of methoxy groups -OCH3 is 1. The fraction of sp³-hybridized carbons (Fsp3) is 0.250. The van der Waals surface area contributed by atoms with Crippen LogP contribution >= 0.6 is 15.9 Å². The molecule has 19 heavy (non-hydrogen) atoms. The molecule has 0 saturated carbocycles. The first-order chi connectivity index (χ1) is 9.08. The maximum atomic E-state index is 11.1. The van der Waals surface area contributed by atoms with Gasteiger partial charge in [-0.1, -0.05) is 12.1 Å². The van der Waals surface area contributed by atoms with Crippen LogP contribution in [0.15, 0.2) is 22.7 Å². The fourth-order valence-electron chi connectivity index (χ4n) is 1.77. The molecule has 0 bridgehead atoms. The number of rotatable bonds is 4. The zero-order chi connectivity index (χ0) is 14.0. The Balaban J connectivity index is 2.56. The van der Waals surface area contributed by atoms with Crippen molar-refractivity contribution in [1.29, 1.82) is 0 Å². The molecule has 0 aliphatic carbocycles. The van der Waals surface area contributed by atoms with Gasteiger partial charge in [-0.3, -0.25) is 0 Å². The van der Waals surface area contributed by atoms with Gasteiger partial charge < -0.3 is 9.84 Å². The molecule has 100 valence electrons. The van der Waals surface area contributed by atoms with E-state index in [1.165, 1.54) is 4.68 Å². The lowest BCUT2D eigenvalue weighted by Gasteiger charge is -2.08. The van der Waals surface area contributed by atoms with Crippen LogP contribution < -0.4 is 4.74 Å². The van der Waals surface area contributed by atoms with Crippen LogP contribution in [0.25, 0.3) is 5.69 Å². The quantitative estimate of drug-likeness (QED) is 0.933. The van der Waals surface area contributed by atoms with Crippen molar-refractivity contribution in [2.75, 3.05) is 7.11 Å². The van der Waals surface area contributed by atoms with E-state index in [1.54, 1.807) is 13.2 Å². The molecule has 0 aliphatic heterocycles. The van der Waals surface area contributed by atoms with E-state index in [9.17, 15) is 4.79 Å². The Labute approximate surface area is 118 Å². The second kappa shape index (κ2) is 5.40. The van der Waals surface area contributed by atoms with Crippen molar-refractivity contribution in [3.05, 3.63) is 34.1 Å². The van der Waals surface area contributed by atoms with E-state index >= 15 is 0 Å². The minimum Gasteiger partial charge on any atom is -0.495 e. The number of ether oxygens (including phenoxy) is 1. The van der Waals surface area contributed by atoms with Crippen LogP contribution in [-0.2, 0) is 6.42 Å². The third kappa shape index (κ3) is 2.46. The minimum atomic E-state index is -1.08. The highest BCUT2D eigenvalue weighted by Gasteiger charge is 2.18. The molecule has 0 aliphatic rings. The number of nitrogens with zero attached hydrogens (tertiary/aromatic N) is 3. The molecule has 0 atom stereocenters. The number of aromatic nitrogens is 3. The first kappa shape index (κ1) is 13.5. The van der Waals surface area contributed by atoms with E-state index in [4.69, 9.17) is 9.84 Å². The summed E-state index contributed by atoms with van der Waals surface area (Å²) in [6.45, 7) is 1.86. The Bertz CT molecular complexity index is 625. The van der Waals surface area contributed by atoms with Gasteiger partial charge in [0.1, 0.15) is 5.75 Å². The number of carboxylic acid groups (broad SMARTS) is 1. The predicted octanol–water partition coefficient (Wildman–Crippen LogP) is 2.30. The SMILES string of the molecule is CCc1c(C(=O)O)nnn1-c1ccc(Br)c(OC)c1. The van der Waals surface area contributed by atoms with Crippen LogP contribution in [0.1, 0.15) is 23.1 Å². The highest BCUT2D eigenvalue weighted by molar-refractivity contribution is 9.10. The third-order valence-corrected chi connectivity index (χ3v) is 3.34. The van der Waals surface area contributed by atoms with Crippen LogP contribution in [0.4, 0.5) is 0 Å². The van der Waals surface area contributed by atoms with Crippen molar-refractivity contribution in [2.45, 2.75) is 13.3 Å². The second-order valence-corrected chi connectivity index (χ2v) is 4.63. The fourth-order valence-corrected chi connectivity index (χ4v) is 2.18. The van der Waals surface area contributed by atoms with Crippen LogP contribution in [0.3, 0.4) is 0 Å². The molecule has 1 N–H and O–H groups in total. The topological polar surface area (TPSA) is 77.2 Å². The molecule has 0 spiro atoms. The van der Waals surface area contributed by atoms with Crippen molar-refractivity contribution < 1.29 is 14.6 Å². The van der Waals surface area contributed by atoms with E-state index in [-0.39, 0.29) is 5.69 Å². The Morgan fingerprint density at radius 2 is 2.26 bits per heavy atom. The van der Waals surface area contributed by atoms with Crippen LogP contribution in [-0.4, -0.2) is 33.2 Å². The molecule has 1 aromatic carbocycles. The highest BCUT2D eigenvalue weighted by Crippen LogP contribution is 2.27. The van der Waals surface area contributed by atoms with Crippen molar-refractivity contribution in [3.8, 4) is 11.4 Å². The Morgan fingerprint density at radius 3 is 2.84 bits per heavy atom. The number of hydrogen-bond acceptors (Lipinski definition) is 4. The summed E-state index contributed by atoms with van der Waals surface area (Å²) in [4.78, 5) is 11.1. The molecule has 0 fully saturated rings. The molecular formula is C12H12BrN3O3. The van der Waals surface area contributed by atoms with Crippen molar-refractivity contribution in [3.63, 3.8) is 0 Å². The predicted molar refractivity (Wildman–Crippen MR) is 71.9 cm³/mol. The number of hydrogen-bond donors (Lipinski definition) is 1. The lowest BCUT2D eigenvalue weighted by Crippen LogP contribution is -2.06. The normalized spacial score (nSPS) is 10.5. The zero-order valence-electron chi connectivity index (χ0n) is 10.4. The maximum Gasteiger partial charge on any atom is 0.358 e. The molecule has 0 unspecified atom stereocenters. The van der Waals surface area contributed by atoms with Gasteiger partial charge in [-0.2, -0.15) is 0 Å². The van der Waals surface area contributed by atoms with Crippen molar-refractivity contribution in [1.82, 2.24) is 15.0 Å². The highest BCUT2D eigenvalue weighted by atomic mass is 79.9. The summed E-state index contributed by atoms with van der Waals surface area (Å²) in [7, 11) is 1.56. The molecule has 0 radical (unpaired) electrons. The van der Waals surface area contributed by atoms with Crippen molar-refractivity contribution in [2.24, 2.45) is 0 Å². The summed E-state index contributed by atoms with van der Waals surface area (Å²) < 4.78 is 7.54. The number of aromatic carboxylic acids is 1. The summed E-state index contributed by atoms with van der Waals surface area (Å²) in [5.41, 5.74) is 1.23. The average molecular weight is 326 g/mol. The van der Waals surface area contributed by atoms with E-state index in [0.717, 1.165) is 4.47 Å². The maximum absolute atomic E-state index is 11.1. The first-order valence-electron chi connectivity index (χ1n) is 5.60. The standard InChI is InChI=1S/C12H12BrN3O3/c1-3-9-11(12(17)18)14-15-16(9)7-4-5-8(13)10(6-7)19-2/h4-6H,3H2,1-2H3,(H,17,18). The van der Waals surface area contributed by atoms with Crippen LogP contribution in [0.2, 0.25) is 0 Å². The minimum absolute atomic E-state index is 0.0237. The Morgan fingerprint density at radius 1 is 1.53 bits per heavy atom. The molecular weight excluding hydrogens is 314 g/mol. The Kier molecular flexibility index (Phi) is 3.84. The van der Waals surface area contributed by atoms with Gasteiger partial charge in [0, 0.05) is 6.07 Å². The van der Waals surface area contributed by atoms with Gasteiger partial charge in [0.15, 0.2) is 5.69 Å². The molecule has 1 aromatic heterocycles. The van der Waals surface area contributed by atoms with Gasteiger partial charge in [0.25, 0.3) is 0 Å². The number of halogens is 1. The van der Waals surface area contributed by atoms with Crippen molar-refractivity contribution >= 4 is 21.9 Å². The molecule has 0 amide bonds. The van der Waals surface area contributed by atoms with Gasteiger partial charge in [-0.05, 0) is 34.5 Å². The molecule has 2 aromatic rings. The molecule has 6 nitrogen and oxygen atoms in total. The van der Waals surface area contributed by atoms with E-state index < -0.39 is 5.97 Å². The van der Waals surface area contributed by atoms with Gasteiger partial charge in [0.2, 0.25) is 0 Å². The second-order valence-electron chi connectivity index (χ2n) is 3.77. The summed E-state index contributed by atoms with van der Waals surface area (Å²) in [6.07, 6.45) is 0.521. The summed E-state index contributed by atoms with van der Waals surface area (Å²) >= 11 is 3.36. The monoisotopic (exact) mass is 325 g/mol. The van der Waals surface area contributed by atoms with E-state index in [1.807, 2.05) is 19.1 Å². The molecule has 2 rings (SSSR count). The largest absolute Gasteiger partial charge is 0.495 e. The Hall–Kier alpha value is -1.89. The van der Waals surface area contributed by atoms with Gasteiger partial charge in [-0.25, -0.2) is 9.48 Å². The first-order valence-corrected chi connectivity index (χ1v) is 6.39. The smallest absolute Gasteiger partial charge is 0.358 e. The lowest BCUT2D eigenvalue weighted by atomic mass is 10.2. The number of benzene rings is 1. The van der Waals surface area contributed by atoms with E-state index in [0.29, 0.717) is 23.6 Å². The van der Waals surface area contributed by atoms with E-state index in [2.05, 4.69) is 26.2 Å². The summed E-state index contributed by atoms with van der Waals surface area (Å²) in [6, 6.07) is 5.39. The van der Waals surface area contributed by atoms with Crippen LogP contribution in [0, 0.1) is 0 Å². The lowest BCUT2D eigenvalue weighted by molar-refractivity contribution is 0.0689. The number of carboxylic acids is 1. The number of carbonyl (C=O) groups is 1. The molecule has 0 saturated heterocycles. The molecule has 1 heterocycles. The van der Waals surface area contributed by atoms with Gasteiger partial charge in [-0.15, -0.1) is 5.10 Å². The van der Waals surface area contributed by atoms with Crippen LogP contribution in [0.5, 0.6) is 5.75 Å². The average Bonchev–Trinajstić information content (AvgIpc) is 2.83. The summed E-state index contributed by atoms with van der Waals surface area (Å²) in [5, 5.41) is 16.7. The third-order valence-electron chi connectivity index (χ3n) is 2.68. The summed E-state index contributed by atoms with van der Waals surface area (Å²) in [5.74, 6) is -0.431. The van der Waals surface area contributed by atoms with Gasteiger partial charge >= 0.3 is 5.97 Å². The molecule has 7 heteroatoms.